The molecule has 0 saturated heterocycles. The topological polar surface area (TPSA) is 66.5 Å². The molecule has 0 aliphatic carbocycles. The van der Waals surface area contributed by atoms with Crippen molar-refractivity contribution in [3.63, 3.8) is 0 Å². The van der Waals surface area contributed by atoms with E-state index in [1.54, 1.807) is 36.4 Å². The number of anilines is 2. The summed E-state index contributed by atoms with van der Waals surface area (Å²) in [6, 6.07) is 17.5. The maximum Gasteiger partial charge on any atom is 0.418 e. The Labute approximate surface area is 188 Å². The van der Waals surface area contributed by atoms with Crippen molar-refractivity contribution < 1.29 is 26.4 Å². The molecule has 0 radical (unpaired) electrons. The maximum absolute atomic E-state index is 13.4. The highest BCUT2D eigenvalue weighted by Crippen LogP contribution is 2.37. The molecule has 0 atom stereocenters. The van der Waals surface area contributed by atoms with Crippen molar-refractivity contribution in [2.45, 2.75) is 12.7 Å². The Bertz CT molecular complexity index is 1230. The first-order valence-corrected chi connectivity index (χ1v) is 11.5. The molecule has 3 aromatic carbocycles. The molecule has 0 saturated carbocycles. The summed E-state index contributed by atoms with van der Waals surface area (Å²) in [6.45, 7) is -0.0568. The van der Waals surface area contributed by atoms with Gasteiger partial charge in [-0.2, -0.15) is 13.2 Å². The van der Waals surface area contributed by atoms with Crippen LogP contribution in [0, 0.1) is 0 Å². The molecule has 0 fully saturated rings. The highest BCUT2D eigenvalue weighted by Gasteiger charge is 2.34. The van der Waals surface area contributed by atoms with E-state index in [-0.39, 0.29) is 22.8 Å². The molecule has 1 amide bonds. The third kappa shape index (κ3) is 5.60. The van der Waals surface area contributed by atoms with Crippen LogP contribution < -0.4 is 9.62 Å². The maximum atomic E-state index is 13.4. The number of benzene rings is 3. The van der Waals surface area contributed by atoms with Gasteiger partial charge in [0.1, 0.15) is 0 Å². The quantitative estimate of drug-likeness (QED) is 0.499. The van der Waals surface area contributed by atoms with Crippen molar-refractivity contribution in [3.05, 3.63) is 94.5 Å². The fourth-order valence-corrected chi connectivity index (χ4v) is 4.14. The summed E-state index contributed by atoms with van der Waals surface area (Å²) < 4.78 is 66.2. The van der Waals surface area contributed by atoms with Gasteiger partial charge < -0.3 is 5.32 Å². The van der Waals surface area contributed by atoms with Gasteiger partial charge in [0.15, 0.2) is 0 Å². The minimum Gasteiger partial charge on any atom is -0.321 e. The van der Waals surface area contributed by atoms with Crippen LogP contribution in [0.5, 0.6) is 0 Å². The van der Waals surface area contributed by atoms with Gasteiger partial charge in [-0.1, -0.05) is 54.1 Å². The van der Waals surface area contributed by atoms with Crippen LogP contribution in [0.3, 0.4) is 0 Å². The molecule has 168 valence electrons. The van der Waals surface area contributed by atoms with Crippen LogP contribution in [0.4, 0.5) is 24.5 Å². The number of para-hydroxylation sites is 1. The van der Waals surface area contributed by atoms with Crippen LogP contribution in [0.1, 0.15) is 21.5 Å². The minimum atomic E-state index is -4.75. The number of alkyl halides is 3. The van der Waals surface area contributed by atoms with Gasteiger partial charge in [0.2, 0.25) is 10.0 Å². The van der Waals surface area contributed by atoms with E-state index in [0.29, 0.717) is 11.6 Å². The number of sulfonamides is 1. The molecule has 1 N–H and O–H groups in total. The van der Waals surface area contributed by atoms with E-state index in [2.05, 4.69) is 5.32 Å². The van der Waals surface area contributed by atoms with Gasteiger partial charge in [0.25, 0.3) is 5.91 Å². The van der Waals surface area contributed by atoms with E-state index in [1.807, 2.05) is 0 Å². The third-order valence-electron chi connectivity index (χ3n) is 4.52. The second-order valence-electron chi connectivity index (χ2n) is 6.91. The van der Waals surface area contributed by atoms with Crippen LogP contribution in [-0.4, -0.2) is 20.6 Å². The Kier molecular flexibility index (Phi) is 6.80. The molecule has 5 nitrogen and oxygen atoms in total. The minimum absolute atomic E-state index is 0.0406. The molecule has 0 aliphatic rings. The predicted octanol–water partition coefficient (Wildman–Crippen LogP) is 5.58. The molecule has 0 aliphatic heterocycles. The summed E-state index contributed by atoms with van der Waals surface area (Å²) in [4.78, 5) is 12.9. The lowest BCUT2D eigenvalue weighted by atomic mass is 10.1. The van der Waals surface area contributed by atoms with E-state index in [9.17, 15) is 26.4 Å². The van der Waals surface area contributed by atoms with Gasteiger partial charge in [0, 0.05) is 5.02 Å². The molecule has 32 heavy (non-hydrogen) atoms. The van der Waals surface area contributed by atoms with Crippen LogP contribution in [0.25, 0.3) is 0 Å². The standard InChI is InChI=1S/C22H18ClF3N2O3S/c1-32(30,31)28(14-15-7-3-2-4-8-15)20-10-6-5-9-17(20)21(29)27-19-12-11-16(23)13-18(19)22(24,25)26/h2-13H,14H2,1H3,(H,27,29). The first-order chi connectivity index (χ1) is 15.0. The molecule has 0 bridgehead atoms. The second kappa shape index (κ2) is 9.22. The fraction of sp³-hybridized carbons (Fsp3) is 0.136. The number of amides is 1. The number of rotatable bonds is 6. The lowest BCUT2D eigenvalue weighted by Crippen LogP contribution is -2.31. The fourth-order valence-electron chi connectivity index (χ4n) is 3.06. The summed E-state index contributed by atoms with van der Waals surface area (Å²) in [7, 11) is -3.83. The second-order valence-corrected chi connectivity index (χ2v) is 9.26. The molecular formula is C22H18ClF3N2O3S. The first-order valence-electron chi connectivity index (χ1n) is 9.25. The summed E-state index contributed by atoms with van der Waals surface area (Å²) in [5.74, 6) is -0.893. The van der Waals surface area contributed by atoms with Gasteiger partial charge in [-0.05, 0) is 35.9 Å². The monoisotopic (exact) mass is 482 g/mol. The first kappa shape index (κ1) is 23.6. The summed E-state index contributed by atoms with van der Waals surface area (Å²) >= 11 is 5.68. The van der Waals surface area contributed by atoms with Crippen LogP contribution in [0.2, 0.25) is 5.02 Å². The number of nitrogens with zero attached hydrogens (tertiary/aromatic N) is 1. The van der Waals surface area contributed by atoms with E-state index in [0.717, 1.165) is 16.6 Å². The van der Waals surface area contributed by atoms with Crippen molar-refractivity contribution in [1.29, 1.82) is 0 Å². The van der Waals surface area contributed by atoms with Crippen molar-refractivity contribution in [2.24, 2.45) is 0 Å². The van der Waals surface area contributed by atoms with E-state index in [1.165, 1.54) is 24.3 Å². The SMILES string of the molecule is CS(=O)(=O)N(Cc1ccccc1)c1ccccc1C(=O)Nc1ccc(Cl)cc1C(F)(F)F. The van der Waals surface area contributed by atoms with Gasteiger partial charge in [-0.3, -0.25) is 9.10 Å². The summed E-state index contributed by atoms with van der Waals surface area (Å²) in [5, 5.41) is 2.09. The number of nitrogens with one attached hydrogen (secondary N) is 1. The molecule has 0 heterocycles. The Morgan fingerprint density at radius 3 is 2.25 bits per heavy atom. The van der Waals surface area contributed by atoms with E-state index in [4.69, 9.17) is 11.6 Å². The average Bonchev–Trinajstić information content (AvgIpc) is 2.72. The zero-order valence-electron chi connectivity index (χ0n) is 16.7. The number of halogens is 4. The normalized spacial score (nSPS) is 11.8. The van der Waals surface area contributed by atoms with Crippen LogP contribution in [0.15, 0.2) is 72.8 Å². The Balaban J connectivity index is 2.01. The summed E-state index contributed by atoms with van der Waals surface area (Å²) in [5.41, 5.74) is -0.989. The lowest BCUT2D eigenvalue weighted by molar-refractivity contribution is -0.136. The zero-order chi connectivity index (χ0) is 23.5. The Morgan fingerprint density at radius 2 is 1.62 bits per heavy atom. The van der Waals surface area contributed by atoms with Gasteiger partial charge in [-0.25, -0.2) is 8.42 Å². The molecule has 0 spiro atoms. The average molecular weight is 483 g/mol. The zero-order valence-corrected chi connectivity index (χ0v) is 18.3. The van der Waals surface area contributed by atoms with Crippen LogP contribution >= 0.6 is 11.6 Å². The number of hydrogen-bond donors (Lipinski definition) is 1. The van der Waals surface area contributed by atoms with Gasteiger partial charge in [-0.15, -0.1) is 0 Å². The molecular weight excluding hydrogens is 465 g/mol. The number of carbonyl (C=O) groups is 1. The van der Waals surface area contributed by atoms with E-state index < -0.39 is 33.4 Å². The molecule has 3 rings (SSSR count). The third-order valence-corrected chi connectivity index (χ3v) is 5.88. The molecule has 10 heteroatoms. The predicted molar refractivity (Wildman–Crippen MR) is 118 cm³/mol. The molecule has 3 aromatic rings. The highest BCUT2D eigenvalue weighted by atomic mass is 35.5. The van der Waals surface area contributed by atoms with Crippen molar-refractivity contribution in [2.75, 3.05) is 15.9 Å². The van der Waals surface area contributed by atoms with Crippen LogP contribution in [-0.2, 0) is 22.7 Å². The molecule has 0 unspecified atom stereocenters. The smallest absolute Gasteiger partial charge is 0.321 e. The Hall–Kier alpha value is -3.04. The number of carbonyl (C=O) groups excluding carboxylic acids is 1. The molecule has 0 aromatic heterocycles. The van der Waals surface area contributed by atoms with Gasteiger partial charge >= 0.3 is 6.18 Å². The van der Waals surface area contributed by atoms with Crippen molar-refractivity contribution in [3.8, 4) is 0 Å². The van der Waals surface area contributed by atoms with E-state index >= 15 is 0 Å². The lowest BCUT2D eigenvalue weighted by Gasteiger charge is -2.25. The number of hydrogen-bond acceptors (Lipinski definition) is 3. The van der Waals surface area contributed by atoms with Crippen molar-refractivity contribution >= 4 is 38.9 Å². The highest BCUT2D eigenvalue weighted by molar-refractivity contribution is 7.92. The van der Waals surface area contributed by atoms with Gasteiger partial charge in [0.05, 0.1) is 35.3 Å². The van der Waals surface area contributed by atoms with Crippen molar-refractivity contribution in [1.82, 2.24) is 0 Å². The largest absolute Gasteiger partial charge is 0.418 e. The Morgan fingerprint density at radius 1 is 1.00 bits per heavy atom. The summed E-state index contributed by atoms with van der Waals surface area (Å²) in [6.07, 6.45) is -3.76.